The molecule has 0 unspecified atom stereocenters. The Bertz CT molecular complexity index is 1000. The van der Waals surface area contributed by atoms with Crippen LogP contribution in [0.25, 0.3) is 11.3 Å². The predicted octanol–water partition coefficient (Wildman–Crippen LogP) is 4.36. The first-order valence-electron chi connectivity index (χ1n) is 10.2. The number of pyridine rings is 1. The summed E-state index contributed by atoms with van der Waals surface area (Å²) in [5.74, 6) is 1.90. The number of para-hydroxylation sites is 1. The zero-order chi connectivity index (χ0) is 19.6. The van der Waals surface area contributed by atoms with Crippen LogP contribution >= 0.6 is 0 Å². The molecule has 2 fully saturated rings. The van der Waals surface area contributed by atoms with Crippen molar-refractivity contribution in [1.82, 2.24) is 19.9 Å². The van der Waals surface area contributed by atoms with Crippen molar-refractivity contribution in [1.29, 1.82) is 0 Å². The molecule has 1 aliphatic heterocycles. The second kappa shape index (κ2) is 7.62. The topological polar surface area (TPSA) is 71.0 Å². The van der Waals surface area contributed by atoms with E-state index >= 15 is 0 Å². The van der Waals surface area contributed by atoms with Gasteiger partial charge in [-0.25, -0.2) is 9.97 Å². The molecule has 2 aromatic heterocycles. The van der Waals surface area contributed by atoms with E-state index in [2.05, 4.69) is 10.3 Å². The molecular formula is C23H23N5O. The van der Waals surface area contributed by atoms with Crippen molar-refractivity contribution in [2.75, 3.05) is 11.9 Å². The number of hydrogen-bond acceptors (Lipinski definition) is 5. The summed E-state index contributed by atoms with van der Waals surface area (Å²) in [6.45, 7) is 0.794. The third-order valence-electron chi connectivity index (χ3n) is 5.51. The molecule has 5 rings (SSSR count). The molecule has 6 heteroatoms. The van der Waals surface area contributed by atoms with Crippen LogP contribution in [0.2, 0.25) is 0 Å². The maximum Gasteiger partial charge on any atom is 0.226 e. The number of rotatable bonds is 5. The van der Waals surface area contributed by atoms with E-state index in [-0.39, 0.29) is 17.9 Å². The number of likely N-dealkylation sites (tertiary alicyclic amines) is 1. The fourth-order valence-corrected chi connectivity index (χ4v) is 3.87. The van der Waals surface area contributed by atoms with E-state index in [4.69, 9.17) is 9.97 Å². The third-order valence-corrected chi connectivity index (χ3v) is 5.51. The fraction of sp³-hybridized carbons (Fsp3) is 0.304. The summed E-state index contributed by atoms with van der Waals surface area (Å²) in [5, 5.41) is 3.38. The Labute approximate surface area is 170 Å². The van der Waals surface area contributed by atoms with Gasteiger partial charge in [-0.3, -0.25) is 9.78 Å². The van der Waals surface area contributed by atoms with E-state index in [1.54, 1.807) is 12.4 Å². The molecule has 6 nitrogen and oxygen atoms in total. The molecule has 146 valence electrons. The molecule has 3 aromatic rings. The number of benzene rings is 1. The first-order chi connectivity index (χ1) is 14.3. The Hall–Kier alpha value is -3.28. The van der Waals surface area contributed by atoms with Gasteiger partial charge in [0.05, 0.1) is 11.7 Å². The monoisotopic (exact) mass is 385 g/mol. The van der Waals surface area contributed by atoms with E-state index in [9.17, 15) is 4.79 Å². The van der Waals surface area contributed by atoms with Gasteiger partial charge in [-0.05, 0) is 49.9 Å². The summed E-state index contributed by atoms with van der Waals surface area (Å²) in [6, 6.07) is 15.7. The minimum absolute atomic E-state index is 0.0592. The predicted molar refractivity (Wildman–Crippen MR) is 111 cm³/mol. The van der Waals surface area contributed by atoms with Crippen molar-refractivity contribution in [2.24, 2.45) is 5.92 Å². The molecule has 1 atom stereocenters. The lowest BCUT2D eigenvalue weighted by Crippen LogP contribution is -2.32. The van der Waals surface area contributed by atoms with Gasteiger partial charge in [0, 0.05) is 42.2 Å². The molecule has 3 heterocycles. The molecule has 0 radical (unpaired) electrons. The van der Waals surface area contributed by atoms with Gasteiger partial charge in [-0.15, -0.1) is 0 Å². The van der Waals surface area contributed by atoms with E-state index in [0.717, 1.165) is 55.0 Å². The lowest BCUT2D eigenvalue weighted by atomic mass is 10.1. The minimum atomic E-state index is -0.0592. The van der Waals surface area contributed by atoms with Crippen LogP contribution in [0.15, 0.2) is 60.9 Å². The molecule has 0 bridgehead atoms. The SMILES string of the molecule is O=C(C1CC1)N1CCC[C@@H]1c1nc(Nc2ccccc2)cc(-c2cccnc2)n1. The maximum atomic E-state index is 12.8. The average molecular weight is 385 g/mol. The first-order valence-corrected chi connectivity index (χ1v) is 10.2. The Kier molecular flexibility index (Phi) is 4.68. The highest BCUT2D eigenvalue weighted by atomic mass is 16.2. The summed E-state index contributed by atoms with van der Waals surface area (Å²) in [5.41, 5.74) is 2.71. The molecule has 1 N–H and O–H groups in total. The number of carbonyl (C=O) groups excluding carboxylic acids is 1. The van der Waals surface area contributed by atoms with Crippen molar-refractivity contribution in [2.45, 2.75) is 31.7 Å². The van der Waals surface area contributed by atoms with E-state index in [1.165, 1.54) is 0 Å². The normalized spacial score (nSPS) is 18.6. The zero-order valence-electron chi connectivity index (χ0n) is 16.2. The smallest absolute Gasteiger partial charge is 0.226 e. The number of nitrogens with zero attached hydrogens (tertiary/aromatic N) is 4. The number of nitrogens with one attached hydrogen (secondary N) is 1. The molecule has 1 saturated carbocycles. The quantitative estimate of drug-likeness (QED) is 0.707. The van der Waals surface area contributed by atoms with Gasteiger partial charge in [0.25, 0.3) is 0 Å². The molecule has 0 spiro atoms. The van der Waals surface area contributed by atoms with E-state index in [0.29, 0.717) is 5.82 Å². The summed E-state index contributed by atoms with van der Waals surface area (Å²) in [7, 11) is 0. The van der Waals surface area contributed by atoms with Crippen LogP contribution in [0.5, 0.6) is 0 Å². The highest BCUT2D eigenvalue weighted by Crippen LogP contribution is 2.38. The first kappa shape index (κ1) is 17.8. The van der Waals surface area contributed by atoms with Crippen molar-refractivity contribution in [3.05, 3.63) is 66.7 Å². The van der Waals surface area contributed by atoms with Gasteiger partial charge in [0.15, 0.2) is 5.82 Å². The minimum Gasteiger partial charge on any atom is -0.340 e. The van der Waals surface area contributed by atoms with Gasteiger partial charge in [0.1, 0.15) is 5.82 Å². The second-order valence-electron chi connectivity index (χ2n) is 7.69. The molecule has 2 aliphatic rings. The van der Waals surface area contributed by atoms with Gasteiger partial charge in [-0.1, -0.05) is 18.2 Å². The van der Waals surface area contributed by atoms with Crippen molar-refractivity contribution in [3.8, 4) is 11.3 Å². The van der Waals surface area contributed by atoms with Crippen LogP contribution in [0.4, 0.5) is 11.5 Å². The molecule has 1 aliphatic carbocycles. The number of aromatic nitrogens is 3. The van der Waals surface area contributed by atoms with Crippen molar-refractivity contribution in [3.63, 3.8) is 0 Å². The number of hydrogen-bond donors (Lipinski definition) is 1. The van der Waals surface area contributed by atoms with Crippen molar-refractivity contribution < 1.29 is 4.79 Å². The Morgan fingerprint density at radius 3 is 2.66 bits per heavy atom. The van der Waals surface area contributed by atoms with E-state index in [1.807, 2.05) is 53.4 Å². The largest absolute Gasteiger partial charge is 0.340 e. The molecule has 1 saturated heterocycles. The molecule has 1 amide bonds. The lowest BCUT2D eigenvalue weighted by molar-refractivity contribution is -0.133. The Morgan fingerprint density at radius 1 is 1.03 bits per heavy atom. The van der Waals surface area contributed by atoms with Gasteiger partial charge in [-0.2, -0.15) is 0 Å². The third kappa shape index (κ3) is 3.83. The molecular weight excluding hydrogens is 362 g/mol. The summed E-state index contributed by atoms with van der Waals surface area (Å²) in [4.78, 5) is 28.7. The van der Waals surface area contributed by atoms with Crippen LogP contribution in [-0.4, -0.2) is 32.3 Å². The number of amides is 1. The van der Waals surface area contributed by atoms with Crippen LogP contribution in [0, 0.1) is 5.92 Å². The van der Waals surface area contributed by atoms with Gasteiger partial charge in [0.2, 0.25) is 5.91 Å². The summed E-state index contributed by atoms with van der Waals surface area (Å²) < 4.78 is 0. The molecule has 1 aromatic carbocycles. The average Bonchev–Trinajstić information content (AvgIpc) is 3.50. The highest BCUT2D eigenvalue weighted by Gasteiger charge is 2.40. The maximum absolute atomic E-state index is 12.8. The second-order valence-corrected chi connectivity index (χ2v) is 7.69. The summed E-state index contributed by atoms with van der Waals surface area (Å²) >= 11 is 0. The standard InChI is InChI=1S/C23H23N5O/c29-23(16-10-11-16)28-13-5-9-20(28)22-26-19(17-6-4-12-24-15-17)14-21(27-22)25-18-7-2-1-3-8-18/h1-4,6-8,12,14-16,20H,5,9-11,13H2,(H,25,26,27)/t20-/m1/s1. The molecule has 29 heavy (non-hydrogen) atoms. The zero-order valence-corrected chi connectivity index (χ0v) is 16.2. The van der Waals surface area contributed by atoms with Crippen molar-refractivity contribution >= 4 is 17.4 Å². The van der Waals surface area contributed by atoms with Crippen LogP contribution < -0.4 is 5.32 Å². The van der Waals surface area contributed by atoms with Gasteiger partial charge >= 0.3 is 0 Å². The number of carbonyl (C=O) groups is 1. The van der Waals surface area contributed by atoms with Crippen LogP contribution in [0.1, 0.15) is 37.5 Å². The summed E-state index contributed by atoms with van der Waals surface area (Å²) in [6.07, 6.45) is 7.48. The Morgan fingerprint density at radius 2 is 1.90 bits per heavy atom. The lowest BCUT2D eigenvalue weighted by Gasteiger charge is -2.24. The van der Waals surface area contributed by atoms with Crippen LogP contribution in [0.3, 0.4) is 0 Å². The highest BCUT2D eigenvalue weighted by molar-refractivity contribution is 5.81. The van der Waals surface area contributed by atoms with Gasteiger partial charge < -0.3 is 10.2 Å². The fourth-order valence-electron chi connectivity index (χ4n) is 3.87. The van der Waals surface area contributed by atoms with E-state index < -0.39 is 0 Å². The number of anilines is 2. The van der Waals surface area contributed by atoms with Crippen LogP contribution in [-0.2, 0) is 4.79 Å². The Balaban J connectivity index is 1.53.